The molecule has 1 N–H and O–H groups in total. The smallest absolute Gasteiger partial charge is 0.328 e. The Morgan fingerprint density at radius 3 is 2.44 bits per heavy atom. The van der Waals surface area contributed by atoms with E-state index in [9.17, 15) is 9.59 Å². The van der Waals surface area contributed by atoms with Gasteiger partial charge in [0.1, 0.15) is 6.04 Å². The van der Waals surface area contributed by atoms with Crippen LogP contribution in [0.15, 0.2) is 54.6 Å². The summed E-state index contributed by atoms with van der Waals surface area (Å²) in [5.41, 5.74) is 2.84. The third-order valence-electron chi connectivity index (χ3n) is 5.38. The number of carbonyl (C=O) groups excluding carboxylic acids is 2. The maximum Gasteiger partial charge on any atom is 0.328 e. The highest BCUT2D eigenvalue weighted by Crippen LogP contribution is 2.37. The van der Waals surface area contributed by atoms with Gasteiger partial charge in [0.05, 0.1) is 12.5 Å². The number of aryl methyl sites for hydroxylation is 1. The van der Waals surface area contributed by atoms with E-state index in [0.717, 1.165) is 18.4 Å². The van der Waals surface area contributed by atoms with E-state index in [1.54, 1.807) is 0 Å². The maximum absolute atomic E-state index is 13.2. The molecule has 0 spiro atoms. The van der Waals surface area contributed by atoms with Gasteiger partial charge >= 0.3 is 5.97 Å². The molecule has 3 rings (SSSR count). The topological polar surface area (TPSA) is 55.4 Å². The molecule has 0 aliphatic heterocycles. The van der Waals surface area contributed by atoms with Crippen LogP contribution in [0.3, 0.4) is 0 Å². The normalized spacial score (nSPS) is 19.6. The van der Waals surface area contributed by atoms with Crippen LogP contribution in [0.4, 0.5) is 0 Å². The van der Waals surface area contributed by atoms with E-state index in [4.69, 9.17) is 4.74 Å². The summed E-state index contributed by atoms with van der Waals surface area (Å²) in [6.07, 6.45) is 2.60. The van der Waals surface area contributed by atoms with Gasteiger partial charge in [0.15, 0.2) is 0 Å². The van der Waals surface area contributed by atoms with Gasteiger partial charge in [-0.25, -0.2) is 4.79 Å². The Kier molecular flexibility index (Phi) is 6.22. The third kappa shape index (κ3) is 4.35. The van der Waals surface area contributed by atoms with E-state index >= 15 is 0 Å². The van der Waals surface area contributed by atoms with E-state index in [1.165, 1.54) is 18.2 Å². The van der Waals surface area contributed by atoms with Crippen molar-refractivity contribution in [1.82, 2.24) is 5.32 Å². The molecule has 0 saturated carbocycles. The van der Waals surface area contributed by atoms with Crippen LogP contribution in [0, 0.1) is 5.41 Å². The molecule has 2 aromatic carbocycles. The van der Waals surface area contributed by atoms with Crippen LogP contribution in [-0.2, 0) is 33.6 Å². The number of hydrogen-bond donors (Lipinski definition) is 2. The molecule has 27 heavy (non-hydrogen) atoms. The molecule has 5 heteroatoms. The van der Waals surface area contributed by atoms with Crippen molar-refractivity contribution in [3.05, 3.63) is 71.3 Å². The predicted molar refractivity (Wildman–Crippen MR) is 109 cm³/mol. The summed E-state index contributed by atoms with van der Waals surface area (Å²) >= 11 is 4.50. The molecule has 0 bridgehead atoms. The molecule has 1 aliphatic carbocycles. The van der Waals surface area contributed by atoms with E-state index in [1.807, 2.05) is 42.5 Å². The van der Waals surface area contributed by atoms with Crippen molar-refractivity contribution in [3.63, 3.8) is 0 Å². The van der Waals surface area contributed by atoms with Gasteiger partial charge in [0.25, 0.3) is 0 Å². The van der Waals surface area contributed by atoms with E-state index in [-0.39, 0.29) is 5.91 Å². The van der Waals surface area contributed by atoms with Crippen molar-refractivity contribution in [2.75, 3.05) is 12.9 Å². The number of amides is 1. The fraction of sp³-hybridized carbons (Fsp3) is 0.364. The Hall–Kier alpha value is -2.27. The Morgan fingerprint density at radius 2 is 1.78 bits per heavy atom. The first kappa shape index (κ1) is 19.5. The predicted octanol–water partition coefficient (Wildman–Crippen LogP) is 2.99. The minimum Gasteiger partial charge on any atom is -0.467 e. The second-order valence-electron chi connectivity index (χ2n) is 7.12. The van der Waals surface area contributed by atoms with Gasteiger partial charge in [-0.3, -0.25) is 4.79 Å². The van der Waals surface area contributed by atoms with Gasteiger partial charge < -0.3 is 10.1 Å². The zero-order valence-electron chi connectivity index (χ0n) is 15.5. The standard InChI is InChI=1S/C22H25NO3S/c1-26-20(24)19(13-16-7-3-2-4-8-16)23-21(25)22(15-27)12-11-17-9-5-6-10-18(17)14-22/h2-10,19,27H,11-15H2,1H3,(H,23,25)/t19-,22?/m0/s1. The number of esters is 1. The number of thiol groups is 1. The third-order valence-corrected chi connectivity index (χ3v) is 5.98. The van der Waals surface area contributed by atoms with Crippen LogP contribution in [0.1, 0.15) is 23.1 Å². The molecule has 4 nitrogen and oxygen atoms in total. The monoisotopic (exact) mass is 383 g/mol. The van der Waals surface area contributed by atoms with Crippen LogP contribution >= 0.6 is 12.6 Å². The number of carbonyl (C=O) groups is 2. The molecule has 1 unspecified atom stereocenters. The molecule has 0 saturated heterocycles. The Morgan fingerprint density at radius 1 is 1.11 bits per heavy atom. The van der Waals surface area contributed by atoms with Crippen molar-refractivity contribution in [1.29, 1.82) is 0 Å². The van der Waals surface area contributed by atoms with E-state index < -0.39 is 17.4 Å². The zero-order valence-corrected chi connectivity index (χ0v) is 16.4. The minimum atomic E-state index is -0.709. The first-order valence-electron chi connectivity index (χ1n) is 9.18. The number of ether oxygens (including phenoxy) is 1. The molecule has 0 fully saturated rings. The van der Waals surface area contributed by atoms with E-state index in [0.29, 0.717) is 18.6 Å². The summed E-state index contributed by atoms with van der Waals surface area (Å²) in [6.45, 7) is 0. The van der Waals surface area contributed by atoms with Gasteiger partial charge in [0, 0.05) is 12.2 Å². The van der Waals surface area contributed by atoms with Crippen LogP contribution in [0.2, 0.25) is 0 Å². The highest BCUT2D eigenvalue weighted by atomic mass is 32.1. The highest BCUT2D eigenvalue weighted by Gasteiger charge is 2.41. The minimum absolute atomic E-state index is 0.127. The molecule has 142 valence electrons. The summed E-state index contributed by atoms with van der Waals surface area (Å²) in [5, 5.41) is 2.95. The number of rotatable bonds is 6. The van der Waals surface area contributed by atoms with Crippen molar-refractivity contribution in [2.24, 2.45) is 5.41 Å². The summed E-state index contributed by atoms with van der Waals surface area (Å²) in [4.78, 5) is 25.5. The average Bonchev–Trinajstić information content (AvgIpc) is 2.72. The Balaban J connectivity index is 1.78. The van der Waals surface area contributed by atoms with E-state index in [2.05, 4.69) is 30.1 Å². The fourth-order valence-electron chi connectivity index (χ4n) is 3.70. The lowest BCUT2D eigenvalue weighted by molar-refractivity contribution is -0.146. The molecule has 0 aromatic heterocycles. The van der Waals surface area contributed by atoms with Crippen LogP contribution < -0.4 is 5.32 Å². The Bertz CT molecular complexity index is 808. The Labute approximate surface area is 165 Å². The number of nitrogens with one attached hydrogen (secondary N) is 1. The molecule has 2 atom stereocenters. The molecular weight excluding hydrogens is 358 g/mol. The fourth-order valence-corrected chi connectivity index (χ4v) is 4.11. The van der Waals surface area contributed by atoms with Crippen molar-refractivity contribution < 1.29 is 14.3 Å². The molecule has 0 radical (unpaired) electrons. The molecule has 1 aliphatic rings. The van der Waals surface area contributed by atoms with Gasteiger partial charge in [0.2, 0.25) is 5.91 Å². The SMILES string of the molecule is COC(=O)[C@H](Cc1ccccc1)NC(=O)C1(CS)CCc2ccccc2C1. The lowest BCUT2D eigenvalue weighted by Gasteiger charge is -2.36. The average molecular weight is 384 g/mol. The van der Waals surface area contributed by atoms with Crippen molar-refractivity contribution in [3.8, 4) is 0 Å². The van der Waals surface area contributed by atoms with Crippen molar-refractivity contribution in [2.45, 2.75) is 31.7 Å². The quantitative estimate of drug-likeness (QED) is 0.596. The van der Waals surface area contributed by atoms with Crippen LogP contribution in [0.5, 0.6) is 0 Å². The lowest BCUT2D eigenvalue weighted by atomic mass is 9.72. The van der Waals surface area contributed by atoms with Gasteiger partial charge in [-0.15, -0.1) is 0 Å². The van der Waals surface area contributed by atoms with Crippen LogP contribution in [0.25, 0.3) is 0 Å². The second-order valence-corrected chi connectivity index (χ2v) is 7.44. The number of hydrogen-bond acceptors (Lipinski definition) is 4. The summed E-state index contributed by atoms with van der Waals surface area (Å²) < 4.78 is 4.92. The molecule has 1 amide bonds. The highest BCUT2D eigenvalue weighted by molar-refractivity contribution is 7.80. The lowest BCUT2D eigenvalue weighted by Crippen LogP contribution is -2.52. The summed E-state index contributed by atoms with van der Waals surface area (Å²) in [5.74, 6) is -0.122. The number of methoxy groups -OCH3 is 1. The zero-order chi connectivity index (χ0) is 19.3. The van der Waals surface area contributed by atoms with Gasteiger partial charge in [-0.2, -0.15) is 12.6 Å². The van der Waals surface area contributed by atoms with Crippen LogP contribution in [-0.4, -0.2) is 30.8 Å². The van der Waals surface area contributed by atoms with Gasteiger partial charge in [-0.05, 0) is 36.0 Å². The molecule has 2 aromatic rings. The second kappa shape index (κ2) is 8.61. The number of fused-ring (bicyclic) bond motifs is 1. The molecular formula is C22H25NO3S. The summed E-state index contributed by atoms with van der Waals surface area (Å²) in [6, 6.07) is 17.1. The van der Waals surface area contributed by atoms with Crippen molar-refractivity contribution >= 4 is 24.5 Å². The maximum atomic E-state index is 13.2. The summed E-state index contributed by atoms with van der Waals surface area (Å²) in [7, 11) is 1.34. The first-order chi connectivity index (χ1) is 13.1. The van der Waals surface area contributed by atoms with Gasteiger partial charge in [-0.1, -0.05) is 54.6 Å². The largest absolute Gasteiger partial charge is 0.467 e. The number of benzene rings is 2. The molecule has 0 heterocycles. The first-order valence-corrected chi connectivity index (χ1v) is 9.81.